The number of hydrogen-bond acceptors (Lipinski definition) is 2. The SMILES string of the molecule is Cc1ccc(CNCC(O)c2ccccc2)cc1C. The molecule has 0 aliphatic rings. The van der Waals surface area contributed by atoms with Crippen molar-refractivity contribution in [2.75, 3.05) is 6.54 Å². The van der Waals surface area contributed by atoms with Crippen molar-refractivity contribution in [3.8, 4) is 0 Å². The molecule has 0 amide bonds. The van der Waals surface area contributed by atoms with E-state index in [4.69, 9.17) is 0 Å². The molecular formula is C17H21NO. The molecule has 2 aromatic carbocycles. The molecule has 1 unspecified atom stereocenters. The molecule has 2 nitrogen and oxygen atoms in total. The number of rotatable bonds is 5. The van der Waals surface area contributed by atoms with E-state index >= 15 is 0 Å². The summed E-state index contributed by atoms with van der Waals surface area (Å²) in [6.07, 6.45) is -0.451. The van der Waals surface area contributed by atoms with Crippen molar-refractivity contribution in [2.45, 2.75) is 26.5 Å². The highest BCUT2D eigenvalue weighted by molar-refractivity contribution is 5.29. The maximum absolute atomic E-state index is 10.0. The van der Waals surface area contributed by atoms with Gasteiger partial charge in [-0.1, -0.05) is 48.5 Å². The minimum atomic E-state index is -0.451. The summed E-state index contributed by atoms with van der Waals surface area (Å²) in [5.41, 5.74) is 4.83. The summed E-state index contributed by atoms with van der Waals surface area (Å²) in [7, 11) is 0. The van der Waals surface area contributed by atoms with E-state index in [0.29, 0.717) is 6.54 Å². The van der Waals surface area contributed by atoms with Gasteiger partial charge in [0, 0.05) is 13.1 Å². The normalized spacial score (nSPS) is 12.4. The molecule has 1 atom stereocenters. The van der Waals surface area contributed by atoms with Crippen molar-refractivity contribution < 1.29 is 5.11 Å². The molecule has 0 bridgehead atoms. The van der Waals surface area contributed by atoms with Crippen LogP contribution >= 0.6 is 0 Å². The van der Waals surface area contributed by atoms with Crippen molar-refractivity contribution in [2.24, 2.45) is 0 Å². The summed E-state index contributed by atoms with van der Waals surface area (Å²) in [5, 5.41) is 13.3. The zero-order valence-electron chi connectivity index (χ0n) is 11.6. The molecule has 0 heterocycles. The van der Waals surface area contributed by atoms with Gasteiger partial charge in [-0.25, -0.2) is 0 Å². The van der Waals surface area contributed by atoms with Crippen LogP contribution in [-0.4, -0.2) is 11.7 Å². The third kappa shape index (κ3) is 3.91. The molecule has 0 saturated carbocycles. The van der Waals surface area contributed by atoms with Gasteiger partial charge in [0.25, 0.3) is 0 Å². The van der Waals surface area contributed by atoms with Crippen LogP contribution < -0.4 is 5.32 Å². The number of hydrogen-bond donors (Lipinski definition) is 2. The Morgan fingerprint density at radius 1 is 1.00 bits per heavy atom. The number of nitrogens with one attached hydrogen (secondary N) is 1. The van der Waals surface area contributed by atoms with E-state index in [1.807, 2.05) is 30.3 Å². The lowest BCUT2D eigenvalue weighted by molar-refractivity contribution is 0.174. The Bertz CT molecular complexity index is 522. The highest BCUT2D eigenvalue weighted by Crippen LogP contribution is 2.12. The quantitative estimate of drug-likeness (QED) is 0.860. The second kappa shape index (κ2) is 6.50. The standard InChI is InChI=1S/C17H21NO/c1-13-8-9-15(10-14(13)2)11-18-12-17(19)16-6-4-3-5-7-16/h3-10,17-19H,11-12H2,1-2H3. The maximum Gasteiger partial charge on any atom is 0.0914 e. The third-order valence-corrected chi connectivity index (χ3v) is 3.42. The second-order valence-corrected chi connectivity index (χ2v) is 4.98. The molecule has 0 saturated heterocycles. The third-order valence-electron chi connectivity index (χ3n) is 3.42. The largest absolute Gasteiger partial charge is 0.387 e. The highest BCUT2D eigenvalue weighted by Gasteiger charge is 2.05. The van der Waals surface area contributed by atoms with E-state index in [1.165, 1.54) is 16.7 Å². The summed E-state index contributed by atoms with van der Waals surface area (Å²) >= 11 is 0. The summed E-state index contributed by atoms with van der Waals surface area (Å²) < 4.78 is 0. The first-order valence-corrected chi connectivity index (χ1v) is 6.66. The maximum atomic E-state index is 10.0. The lowest BCUT2D eigenvalue weighted by Gasteiger charge is -2.12. The first kappa shape index (κ1) is 13.8. The van der Waals surface area contributed by atoms with Gasteiger partial charge in [0.05, 0.1) is 6.10 Å². The van der Waals surface area contributed by atoms with E-state index in [0.717, 1.165) is 12.1 Å². The monoisotopic (exact) mass is 255 g/mol. The van der Waals surface area contributed by atoms with Crippen LogP contribution in [0.2, 0.25) is 0 Å². The molecular weight excluding hydrogens is 234 g/mol. The first-order valence-electron chi connectivity index (χ1n) is 6.66. The van der Waals surface area contributed by atoms with Crippen LogP contribution in [0.25, 0.3) is 0 Å². The van der Waals surface area contributed by atoms with Crippen molar-refractivity contribution in [1.29, 1.82) is 0 Å². The Morgan fingerprint density at radius 3 is 2.42 bits per heavy atom. The Morgan fingerprint density at radius 2 is 1.74 bits per heavy atom. The van der Waals surface area contributed by atoms with Crippen LogP contribution in [0.4, 0.5) is 0 Å². The van der Waals surface area contributed by atoms with Crippen LogP contribution in [0.3, 0.4) is 0 Å². The molecule has 0 spiro atoms. The molecule has 2 heteroatoms. The van der Waals surface area contributed by atoms with Gasteiger partial charge >= 0.3 is 0 Å². The van der Waals surface area contributed by atoms with Crippen LogP contribution in [0.15, 0.2) is 48.5 Å². The topological polar surface area (TPSA) is 32.3 Å². The number of aryl methyl sites for hydroxylation is 2. The predicted octanol–water partition coefficient (Wildman–Crippen LogP) is 3.13. The van der Waals surface area contributed by atoms with Crippen molar-refractivity contribution in [1.82, 2.24) is 5.32 Å². The van der Waals surface area contributed by atoms with Gasteiger partial charge in [-0.2, -0.15) is 0 Å². The van der Waals surface area contributed by atoms with Gasteiger partial charge in [0.2, 0.25) is 0 Å². The van der Waals surface area contributed by atoms with Crippen LogP contribution in [-0.2, 0) is 6.54 Å². The number of aliphatic hydroxyl groups excluding tert-OH is 1. The Balaban J connectivity index is 1.85. The Kier molecular flexibility index (Phi) is 4.72. The van der Waals surface area contributed by atoms with Gasteiger partial charge < -0.3 is 10.4 Å². The summed E-state index contributed by atoms with van der Waals surface area (Å²) in [5.74, 6) is 0. The smallest absolute Gasteiger partial charge is 0.0914 e. The van der Waals surface area contributed by atoms with E-state index in [-0.39, 0.29) is 0 Å². The fraction of sp³-hybridized carbons (Fsp3) is 0.294. The van der Waals surface area contributed by atoms with Gasteiger partial charge in [0.1, 0.15) is 0 Å². The minimum absolute atomic E-state index is 0.451. The fourth-order valence-electron chi connectivity index (χ4n) is 2.06. The molecule has 2 N–H and O–H groups in total. The molecule has 0 fully saturated rings. The highest BCUT2D eigenvalue weighted by atomic mass is 16.3. The zero-order valence-corrected chi connectivity index (χ0v) is 11.6. The van der Waals surface area contributed by atoms with E-state index in [1.54, 1.807) is 0 Å². The lowest BCUT2D eigenvalue weighted by Crippen LogP contribution is -2.21. The van der Waals surface area contributed by atoms with Gasteiger partial charge in [-0.3, -0.25) is 0 Å². The Labute approximate surface area is 115 Å². The van der Waals surface area contributed by atoms with E-state index < -0.39 is 6.10 Å². The van der Waals surface area contributed by atoms with Gasteiger partial charge in [-0.05, 0) is 36.1 Å². The first-order chi connectivity index (χ1) is 9.16. The molecule has 19 heavy (non-hydrogen) atoms. The molecule has 2 aromatic rings. The minimum Gasteiger partial charge on any atom is -0.387 e. The number of benzene rings is 2. The molecule has 0 aromatic heterocycles. The number of aliphatic hydroxyl groups is 1. The summed E-state index contributed by atoms with van der Waals surface area (Å²) in [6, 6.07) is 16.2. The van der Waals surface area contributed by atoms with Crippen LogP contribution in [0, 0.1) is 13.8 Å². The van der Waals surface area contributed by atoms with Gasteiger partial charge in [0.15, 0.2) is 0 Å². The molecule has 2 rings (SSSR count). The van der Waals surface area contributed by atoms with Crippen LogP contribution in [0.1, 0.15) is 28.4 Å². The lowest BCUT2D eigenvalue weighted by atomic mass is 10.1. The van der Waals surface area contributed by atoms with Crippen molar-refractivity contribution in [3.05, 3.63) is 70.8 Å². The molecule has 0 aliphatic carbocycles. The summed E-state index contributed by atoms with van der Waals surface area (Å²) in [4.78, 5) is 0. The molecule has 0 radical (unpaired) electrons. The van der Waals surface area contributed by atoms with E-state index in [2.05, 4.69) is 37.4 Å². The average Bonchev–Trinajstić information content (AvgIpc) is 2.43. The Hall–Kier alpha value is -1.64. The molecule has 0 aliphatic heterocycles. The predicted molar refractivity (Wildman–Crippen MR) is 79.0 cm³/mol. The van der Waals surface area contributed by atoms with E-state index in [9.17, 15) is 5.11 Å². The van der Waals surface area contributed by atoms with Gasteiger partial charge in [-0.15, -0.1) is 0 Å². The fourth-order valence-corrected chi connectivity index (χ4v) is 2.06. The van der Waals surface area contributed by atoms with Crippen molar-refractivity contribution in [3.63, 3.8) is 0 Å². The molecule has 100 valence electrons. The van der Waals surface area contributed by atoms with Crippen LogP contribution in [0.5, 0.6) is 0 Å². The average molecular weight is 255 g/mol. The zero-order chi connectivity index (χ0) is 13.7. The van der Waals surface area contributed by atoms with Crippen molar-refractivity contribution >= 4 is 0 Å². The second-order valence-electron chi connectivity index (χ2n) is 4.98. The summed E-state index contributed by atoms with van der Waals surface area (Å²) in [6.45, 7) is 5.59.